The van der Waals surface area contributed by atoms with Crippen molar-refractivity contribution in [2.45, 2.75) is 110 Å². The molecule has 2 aromatic carbocycles. The maximum Gasteiger partial charge on any atom is 0.424 e. The van der Waals surface area contributed by atoms with Gasteiger partial charge >= 0.3 is 12.2 Å². The summed E-state index contributed by atoms with van der Waals surface area (Å²) in [6.07, 6.45) is -1.50. The van der Waals surface area contributed by atoms with Gasteiger partial charge in [-0.2, -0.15) is 9.80 Å². The van der Waals surface area contributed by atoms with Crippen molar-refractivity contribution in [1.82, 2.24) is 9.80 Å². The fourth-order valence-corrected chi connectivity index (χ4v) is 6.50. The molecule has 0 aliphatic carbocycles. The zero-order valence-corrected chi connectivity index (χ0v) is 30.2. The van der Waals surface area contributed by atoms with Crippen LogP contribution < -0.4 is 9.80 Å². The number of nitrogens with zero attached hydrogens (tertiary/aromatic N) is 4. The van der Waals surface area contributed by atoms with Crippen LogP contribution in [-0.2, 0) is 51.1 Å². The van der Waals surface area contributed by atoms with Crippen LogP contribution in [0.4, 0.5) is 21.0 Å². The van der Waals surface area contributed by atoms with Crippen LogP contribution in [0.15, 0.2) is 36.4 Å². The van der Waals surface area contributed by atoms with Crippen molar-refractivity contribution in [3.63, 3.8) is 0 Å². The lowest BCUT2D eigenvalue weighted by molar-refractivity contribution is -0.150. The van der Waals surface area contributed by atoms with Gasteiger partial charge in [0.05, 0.1) is 12.8 Å². The molecule has 15 heteroatoms. The summed E-state index contributed by atoms with van der Waals surface area (Å²) in [5, 5.41) is 9.58. The molecule has 4 aliphatic heterocycles. The van der Waals surface area contributed by atoms with Crippen molar-refractivity contribution in [2.75, 3.05) is 9.80 Å². The number of amides is 8. The Morgan fingerprint density at radius 2 is 1.04 bits per heavy atom. The molecule has 2 unspecified atom stereocenters. The monoisotopic (exact) mass is 718 g/mol. The Morgan fingerprint density at radius 1 is 0.635 bits per heavy atom. The number of fused-ring (bicyclic) bond motifs is 2. The predicted molar refractivity (Wildman–Crippen MR) is 184 cm³/mol. The minimum atomic E-state index is -1.03. The number of phenolic OH excluding ortho intramolecular Hbond substituents is 1. The number of hydrogen-bond donors (Lipinski definition) is 1. The number of anilines is 2. The molecule has 2 aromatic rings. The number of piperidine rings is 2. The Hall–Kier alpha value is -5.60. The molecule has 276 valence electrons. The Labute approximate surface area is 300 Å². The standard InChI is InChI=1S/C19H22N2O5.C18H20N2O6/c1-11-5-6-13-12(9-11)10-16(23)20(13)14-7-8-15(22)21(17(14)24)18(25)26-19(2,3)4;1-18(2,3)26-17(25)20-14(22)7-6-13(16(20)24)19-12-5-4-11(21)8-10(12)9-15(19)23/h5-6,9,14H,7-8,10H2,1-4H3;4-5,8,13,21H,6-7,9H2,1-3H3. The van der Waals surface area contributed by atoms with E-state index in [9.17, 15) is 43.5 Å². The van der Waals surface area contributed by atoms with Gasteiger partial charge in [0.25, 0.3) is 11.8 Å². The molecule has 2 saturated heterocycles. The van der Waals surface area contributed by atoms with E-state index in [1.165, 1.54) is 21.9 Å². The first-order chi connectivity index (χ1) is 24.2. The lowest BCUT2D eigenvalue weighted by Gasteiger charge is -2.35. The van der Waals surface area contributed by atoms with Crippen LogP contribution in [0.1, 0.15) is 83.9 Å². The minimum absolute atomic E-state index is 0.000619. The van der Waals surface area contributed by atoms with Crippen molar-refractivity contribution < 1.29 is 52.9 Å². The Kier molecular flexibility index (Phi) is 10.0. The molecule has 0 radical (unpaired) electrons. The summed E-state index contributed by atoms with van der Waals surface area (Å²) in [5.41, 5.74) is 1.95. The van der Waals surface area contributed by atoms with Gasteiger partial charge in [-0.15, -0.1) is 0 Å². The Balaban J connectivity index is 0.000000201. The second kappa shape index (κ2) is 13.8. The van der Waals surface area contributed by atoms with E-state index < -0.39 is 59.1 Å². The van der Waals surface area contributed by atoms with Gasteiger partial charge < -0.3 is 14.6 Å². The van der Waals surface area contributed by atoms with E-state index in [-0.39, 0.29) is 56.1 Å². The number of carbonyl (C=O) groups excluding carboxylic acids is 8. The summed E-state index contributed by atoms with van der Waals surface area (Å²) < 4.78 is 10.3. The van der Waals surface area contributed by atoms with Crippen molar-refractivity contribution >= 4 is 59.0 Å². The highest BCUT2D eigenvalue weighted by Gasteiger charge is 2.48. The lowest BCUT2D eigenvalue weighted by atomic mass is 10.0. The number of likely N-dealkylation sites (tertiary alicyclic amines) is 2. The summed E-state index contributed by atoms with van der Waals surface area (Å²) in [6.45, 7) is 11.8. The number of hydrogen-bond acceptors (Lipinski definition) is 11. The average molecular weight is 719 g/mol. The van der Waals surface area contributed by atoms with E-state index in [0.29, 0.717) is 26.7 Å². The second-order valence-corrected chi connectivity index (χ2v) is 15.0. The molecule has 0 saturated carbocycles. The highest BCUT2D eigenvalue weighted by molar-refractivity contribution is 6.17. The molecule has 2 fully saturated rings. The molecule has 6 rings (SSSR count). The third-order valence-electron chi connectivity index (χ3n) is 8.59. The van der Waals surface area contributed by atoms with Gasteiger partial charge in [-0.3, -0.25) is 38.6 Å². The number of phenols is 1. The normalized spacial score (nSPS) is 20.4. The number of aromatic hydroxyl groups is 1. The molecule has 4 heterocycles. The zero-order chi connectivity index (χ0) is 38.4. The molecule has 0 bridgehead atoms. The first-order valence-corrected chi connectivity index (χ1v) is 16.9. The number of benzene rings is 2. The maximum atomic E-state index is 12.9. The van der Waals surface area contributed by atoms with Gasteiger partial charge in [-0.1, -0.05) is 17.7 Å². The number of imide groups is 6. The molecule has 52 heavy (non-hydrogen) atoms. The molecule has 0 aromatic heterocycles. The van der Waals surface area contributed by atoms with E-state index in [1.54, 1.807) is 53.7 Å². The van der Waals surface area contributed by atoms with Crippen molar-refractivity contribution in [3.05, 3.63) is 53.1 Å². The lowest BCUT2D eigenvalue weighted by Crippen LogP contribution is -2.58. The SMILES string of the molecule is CC(C)(C)OC(=O)N1C(=O)CCC(N2C(=O)Cc3cc(O)ccc32)C1=O.Cc1ccc2c(c1)CC(=O)N2C1CCC(=O)N(C(=O)OC(C)(C)C)C1=O. The number of aryl methyl sites for hydroxylation is 1. The second-order valence-electron chi connectivity index (χ2n) is 15.0. The van der Waals surface area contributed by atoms with E-state index in [1.807, 2.05) is 19.1 Å². The van der Waals surface area contributed by atoms with Crippen molar-refractivity contribution in [3.8, 4) is 5.75 Å². The van der Waals surface area contributed by atoms with Crippen LogP contribution in [0.25, 0.3) is 0 Å². The van der Waals surface area contributed by atoms with E-state index in [0.717, 1.165) is 11.1 Å². The van der Waals surface area contributed by atoms with Crippen molar-refractivity contribution in [2.24, 2.45) is 0 Å². The molecule has 4 aliphatic rings. The molecule has 8 amide bonds. The van der Waals surface area contributed by atoms with E-state index in [2.05, 4.69) is 0 Å². The first-order valence-electron chi connectivity index (χ1n) is 16.9. The highest BCUT2D eigenvalue weighted by atomic mass is 16.6. The number of carbonyl (C=O) groups is 8. The number of ether oxygens (including phenoxy) is 2. The third-order valence-corrected chi connectivity index (χ3v) is 8.59. The summed E-state index contributed by atoms with van der Waals surface area (Å²) in [6, 6.07) is 8.20. The highest BCUT2D eigenvalue weighted by Crippen LogP contribution is 2.37. The summed E-state index contributed by atoms with van der Waals surface area (Å²) in [5.74, 6) is -3.22. The van der Waals surface area contributed by atoms with Crippen LogP contribution in [-0.4, -0.2) is 85.8 Å². The van der Waals surface area contributed by atoms with Crippen LogP contribution in [0.2, 0.25) is 0 Å². The first kappa shape index (κ1) is 37.7. The zero-order valence-electron chi connectivity index (χ0n) is 30.2. The van der Waals surface area contributed by atoms with Gasteiger partial charge in [0.2, 0.25) is 23.6 Å². The van der Waals surface area contributed by atoms with E-state index >= 15 is 0 Å². The van der Waals surface area contributed by atoms with Crippen LogP contribution in [0.5, 0.6) is 5.75 Å². The third kappa shape index (κ3) is 7.67. The maximum absolute atomic E-state index is 12.9. The van der Waals surface area contributed by atoms with E-state index in [4.69, 9.17) is 9.47 Å². The summed E-state index contributed by atoms with van der Waals surface area (Å²) in [7, 11) is 0. The molecule has 15 nitrogen and oxygen atoms in total. The van der Waals surface area contributed by atoms with Gasteiger partial charge in [0.1, 0.15) is 29.0 Å². The van der Waals surface area contributed by atoms with Crippen molar-refractivity contribution in [1.29, 1.82) is 0 Å². The fraction of sp³-hybridized carbons (Fsp3) is 0.459. The minimum Gasteiger partial charge on any atom is -0.508 e. The topological polar surface area (TPSA) is 188 Å². The average Bonchev–Trinajstić information content (AvgIpc) is 3.49. The van der Waals surface area contributed by atoms with Crippen LogP contribution >= 0.6 is 0 Å². The van der Waals surface area contributed by atoms with Gasteiger partial charge in [0.15, 0.2) is 0 Å². The Morgan fingerprint density at radius 3 is 1.46 bits per heavy atom. The predicted octanol–water partition coefficient (Wildman–Crippen LogP) is 4.07. The number of rotatable bonds is 2. The molecular weight excluding hydrogens is 676 g/mol. The van der Waals surface area contributed by atoms with Crippen LogP contribution in [0, 0.1) is 6.92 Å². The molecule has 1 N–H and O–H groups in total. The molecule has 2 atom stereocenters. The largest absolute Gasteiger partial charge is 0.508 e. The summed E-state index contributed by atoms with van der Waals surface area (Å²) in [4.78, 5) is 103. The molecular formula is C37H42N4O11. The molecule has 0 spiro atoms. The Bertz CT molecular complexity index is 1750. The smallest absolute Gasteiger partial charge is 0.424 e. The fourth-order valence-electron chi connectivity index (χ4n) is 6.50. The van der Waals surface area contributed by atoms with Gasteiger partial charge in [-0.25, -0.2) is 9.59 Å². The summed E-state index contributed by atoms with van der Waals surface area (Å²) >= 11 is 0. The van der Waals surface area contributed by atoms with Crippen LogP contribution in [0.3, 0.4) is 0 Å². The quantitative estimate of drug-likeness (QED) is 0.441. The van der Waals surface area contributed by atoms with Gasteiger partial charge in [0, 0.05) is 24.2 Å². The van der Waals surface area contributed by atoms with Gasteiger partial charge in [-0.05, 0) is 96.7 Å².